The summed E-state index contributed by atoms with van der Waals surface area (Å²) in [5, 5.41) is 3.05. The highest BCUT2D eigenvalue weighted by molar-refractivity contribution is 5.77. The van der Waals surface area contributed by atoms with Gasteiger partial charge in [0, 0.05) is 12.6 Å². The van der Waals surface area contributed by atoms with Crippen molar-refractivity contribution in [3.63, 3.8) is 0 Å². The summed E-state index contributed by atoms with van der Waals surface area (Å²) < 4.78 is 5.10. The minimum Gasteiger partial charge on any atom is -0.372 e. The van der Waals surface area contributed by atoms with Crippen LogP contribution < -0.4 is 5.32 Å². The lowest BCUT2D eigenvalue weighted by Gasteiger charge is -2.23. The van der Waals surface area contributed by atoms with Gasteiger partial charge in [-0.1, -0.05) is 25.7 Å². The number of ether oxygens (including phenoxy) is 1. The number of nitrogens with one attached hydrogen (secondary N) is 1. The van der Waals surface area contributed by atoms with E-state index in [1.807, 2.05) is 6.92 Å². The summed E-state index contributed by atoms with van der Waals surface area (Å²) in [5.41, 5.74) is 0. The molecule has 3 heteroatoms. The summed E-state index contributed by atoms with van der Waals surface area (Å²) in [6.45, 7) is 4.83. The first-order valence-corrected chi connectivity index (χ1v) is 6.61. The summed E-state index contributed by atoms with van der Waals surface area (Å²) in [7, 11) is 0. The van der Waals surface area contributed by atoms with Gasteiger partial charge in [0.1, 0.15) is 6.61 Å². The second-order valence-corrected chi connectivity index (χ2v) is 4.74. The van der Waals surface area contributed by atoms with E-state index in [0.717, 1.165) is 0 Å². The molecule has 1 fully saturated rings. The fourth-order valence-electron chi connectivity index (χ4n) is 2.42. The number of rotatable bonds is 5. The fraction of sp³-hybridized carbons (Fsp3) is 0.923. The molecule has 1 aliphatic rings. The lowest BCUT2D eigenvalue weighted by molar-refractivity contribution is -0.126. The zero-order chi connectivity index (χ0) is 11.8. The van der Waals surface area contributed by atoms with Crippen molar-refractivity contribution in [1.82, 2.24) is 5.32 Å². The standard InChI is InChI=1S/C13H25NO2/c1-3-16-10-13(15)14-11(2)12-8-6-4-5-7-9-12/h11-12H,3-10H2,1-2H3,(H,14,15)/t11-/m1/s1. The molecule has 0 bridgehead atoms. The van der Waals surface area contributed by atoms with Gasteiger partial charge in [0.2, 0.25) is 5.91 Å². The minimum absolute atomic E-state index is 0.0265. The number of hydrogen-bond acceptors (Lipinski definition) is 2. The van der Waals surface area contributed by atoms with Gasteiger partial charge in [0.05, 0.1) is 0 Å². The Morgan fingerprint density at radius 1 is 1.31 bits per heavy atom. The van der Waals surface area contributed by atoms with Crippen molar-refractivity contribution in [2.75, 3.05) is 13.2 Å². The van der Waals surface area contributed by atoms with Crippen LogP contribution in [0.5, 0.6) is 0 Å². The Kier molecular flexibility index (Phi) is 6.46. The van der Waals surface area contributed by atoms with Crippen LogP contribution in [0.2, 0.25) is 0 Å². The molecule has 1 N–H and O–H groups in total. The predicted octanol–water partition coefficient (Wildman–Crippen LogP) is 2.50. The van der Waals surface area contributed by atoms with Gasteiger partial charge in [-0.05, 0) is 32.6 Å². The monoisotopic (exact) mass is 227 g/mol. The molecule has 16 heavy (non-hydrogen) atoms. The maximum Gasteiger partial charge on any atom is 0.246 e. The number of amides is 1. The van der Waals surface area contributed by atoms with Crippen molar-refractivity contribution in [3.05, 3.63) is 0 Å². The van der Waals surface area contributed by atoms with E-state index in [2.05, 4.69) is 12.2 Å². The molecule has 0 aromatic carbocycles. The van der Waals surface area contributed by atoms with Crippen molar-refractivity contribution in [2.45, 2.75) is 58.4 Å². The average molecular weight is 227 g/mol. The second-order valence-electron chi connectivity index (χ2n) is 4.74. The van der Waals surface area contributed by atoms with E-state index in [1.54, 1.807) is 0 Å². The number of carbonyl (C=O) groups excluding carboxylic acids is 1. The lowest BCUT2D eigenvalue weighted by atomic mass is 9.93. The summed E-state index contributed by atoms with van der Waals surface area (Å²) in [6.07, 6.45) is 7.87. The van der Waals surface area contributed by atoms with Gasteiger partial charge in [0.15, 0.2) is 0 Å². The molecular weight excluding hydrogens is 202 g/mol. The maximum absolute atomic E-state index is 11.5. The Labute approximate surface area is 98.9 Å². The fourth-order valence-corrected chi connectivity index (χ4v) is 2.42. The molecule has 1 atom stereocenters. The van der Waals surface area contributed by atoms with Crippen molar-refractivity contribution in [3.8, 4) is 0 Å². The molecule has 0 spiro atoms. The van der Waals surface area contributed by atoms with Crippen LogP contribution in [0.4, 0.5) is 0 Å². The molecule has 0 aromatic rings. The molecule has 3 nitrogen and oxygen atoms in total. The molecule has 0 saturated heterocycles. The summed E-state index contributed by atoms with van der Waals surface area (Å²) in [4.78, 5) is 11.5. The Morgan fingerprint density at radius 2 is 1.94 bits per heavy atom. The minimum atomic E-state index is 0.0265. The molecule has 1 amide bonds. The Morgan fingerprint density at radius 3 is 2.50 bits per heavy atom. The summed E-state index contributed by atoms with van der Waals surface area (Å²) in [5.74, 6) is 0.687. The smallest absolute Gasteiger partial charge is 0.246 e. The molecular formula is C13H25NO2. The second kappa shape index (κ2) is 7.66. The normalized spacial score (nSPS) is 20.1. The van der Waals surface area contributed by atoms with Gasteiger partial charge in [-0.2, -0.15) is 0 Å². The van der Waals surface area contributed by atoms with Gasteiger partial charge in [-0.3, -0.25) is 4.79 Å². The molecule has 1 rings (SSSR count). The van der Waals surface area contributed by atoms with E-state index in [1.165, 1.54) is 38.5 Å². The first-order chi connectivity index (χ1) is 7.74. The first-order valence-electron chi connectivity index (χ1n) is 6.61. The zero-order valence-electron chi connectivity index (χ0n) is 10.6. The van der Waals surface area contributed by atoms with E-state index in [4.69, 9.17) is 4.74 Å². The molecule has 0 aromatic heterocycles. The van der Waals surface area contributed by atoms with Crippen molar-refractivity contribution >= 4 is 5.91 Å². The van der Waals surface area contributed by atoms with Crippen LogP contribution in [-0.4, -0.2) is 25.2 Å². The van der Waals surface area contributed by atoms with Gasteiger partial charge >= 0.3 is 0 Å². The maximum atomic E-state index is 11.5. The van der Waals surface area contributed by atoms with Gasteiger partial charge in [-0.25, -0.2) is 0 Å². The van der Waals surface area contributed by atoms with Crippen LogP contribution in [0.25, 0.3) is 0 Å². The molecule has 0 aliphatic heterocycles. The lowest BCUT2D eigenvalue weighted by Crippen LogP contribution is -2.39. The zero-order valence-corrected chi connectivity index (χ0v) is 10.6. The van der Waals surface area contributed by atoms with Crippen LogP contribution in [0.3, 0.4) is 0 Å². The quantitative estimate of drug-likeness (QED) is 0.733. The Bertz CT molecular complexity index is 198. The van der Waals surface area contributed by atoms with Crippen LogP contribution in [0.15, 0.2) is 0 Å². The SMILES string of the molecule is CCOCC(=O)N[C@H](C)C1CCCCCC1. The highest BCUT2D eigenvalue weighted by Crippen LogP contribution is 2.25. The largest absolute Gasteiger partial charge is 0.372 e. The molecule has 1 aliphatic carbocycles. The van der Waals surface area contributed by atoms with Gasteiger partial charge < -0.3 is 10.1 Å². The van der Waals surface area contributed by atoms with Crippen LogP contribution in [0, 0.1) is 5.92 Å². The first kappa shape index (κ1) is 13.5. The van der Waals surface area contributed by atoms with Crippen molar-refractivity contribution in [2.24, 2.45) is 5.92 Å². The molecule has 94 valence electrons. The van der Waals surface area contributed by atoms with Crippen molar-refractivity contribution in [1.29, 1.82) is 0 Å². The highest BCUT2D eigenvalue weighted by Gasteiger charge is 2.20. The summed E-state index contributed by atoms with van der Waals surface area (Å²) >= 11 is 0. The predicted molar refractivity (Wildman–Crippen MR) is 65.3 cm³/mol. The third kappa shape index (κ3) is 4.97. The molecule has 0 heterocycles. The van der Waals surface area contributed by atoms with Crippen LogP contribution >= 0.6 is 0 Å². The van der Waals surface area contributed by atoms with Crippen molar-refractivity contribution < 1.29 is 9.53 Å². The van der Waals surface area contributed by atoms with E-state index in [0.29, 0.717) is 18.6 Å². The molecule has 0 radical (unpaired) electrons. The number of hydrogen-bond donors (Lipinski definition) is 1. The Hall–Kier alpha value is -0.570. The molecule has 0 unspecified atom stereocenters. The van der Waals surface area contributed by atoms with Gasteiger partial charge in [0.25, 0.3) is 0 Å². The van der Waals surface area contributed by atoms with Gasteiger partial charge in [-0.15, -0.1) is 0 Å². The molecule has 1 saturated carbocycles. The van der Waals surface area contributed by atoms with E-state index >= 15 is 0 Å². The van der Waals surface area contributed by atoms with Crippen LogP contribution in [-0.2, 0) is 9.53 Å². The summed E-state index contributed by atoms with van der Waals surface area (Å²) in [6, 6.07) is 0.297. The number of carbonyl (C=O) groups is 1. The van der Waals surface area contributed by atoms with E-state index in [9.17, 15) is 4.79 Å². The van der Waals surface area contributed by atoms with E-state index in [-0.39, 0.29) is 12.5 Å². The van der Waals surface area contributed by atoms with E-state index < -0.39 is 0 Å². The highest BCUT2D eigenvalue weighted by atomic mass is 16.5. The third-order valence-electron chi connectivity index (χ3n) is 3.43. The van der Waals surface area contributed by atoms with Crippen LogP contribution in [0.1, 0.15) is 52.4 Å². The Balaban J connectivity index is 2.26. The third-order valence-corrected chi connectivity index (χ3v) is 3.43. The topological polar surface area (TPSA) is 38.3 Å². The average Bonchev–Trinajstić information content (AvgIpc) is 2.54.